The first-order valence-electron chi connectivity index (χ1n) is 10.6. The maximum Gasteiger partial charge on any atom is 0.490 e. The van der Waals surface area contributed by atoms with E-state index in [0.29, 0.717) is 23.9 Å². The van der Waals surface area contributed by atoms with Crippen molar-refractivity contribution in [3.8, 4) is 5.88 Å². The van der Waals surface area contributed by atoms with Crippen LogP contribution in [-0.4, -0.2) is 59.8 Å². The normalized spacial score (nSPS) is 15.6. The highest BCUT2D eigenvalue weighted by atomic mass is 19.4. The van der Waals surface area contributed by atoms with Gasteiger partial charge >= 0.3 is 12.1 Å². The van der Waals surface area contributed by atoms with Gasteiger partial charge in [-0.2, -0.15) is 13.2 Å². The summed E-state index contributed by atoms with van der Waals surface area (Å²) in [6.07, 6.45) is -1.43. The Morgan fingerprint density at radius 2 is 1.79 bits per heavy atom. The van der Waals surface area contributed by atoms with Gasteiger partial charge in [-0.1, -0.05) is 12.1 Å². The average Bonchev–Trinajstić information content (AvgIpc) is 2.82. The van der Waals surface area contributed by atoms with Gasteiger partial charge in [0.2, 0.25) is 5.88 Å². The fourth-order valence-electron chi connectivity index (χ4n) is 3.56. The largest absolute Gasteiger partial charge is 0.490 e. The highest BCUT2D eigenvalue weighted by Crippen LogP contribution is 2.26. The van der Waals surface area contributed by atoms with E-state index in [4.69, 9.17) is 14.6 Å². The summed E-state index contributed by atoms with van der Waals surface area (Å²) < 4.78 is 50.0. The van der Waals surface area contributed by atoms with Gasteiger partial charge < -0.3 is 15.2 Å². The molecule has 1 aromatic heterocycles. The molecule has 0 aliphatic carbocycles. The molecule has 1 fully saturated rings. The van der Waals surface area contributed by atoms with E-state index in [9.17, 15) is 22.4 Å². The first-order valence-corrected chi connectivity index (χ1v) is 10.6. The summed E-state index contributed by atoms with van der Waals surface area (Å²) in [6, 6.07) is 10.4. The Labute approximate surface area is 194 Å². The van der Waals surface area contributed by atoms with Crippen molar-refractivity contribution in [2.24, 2.45) is 5.92 Å². The lowest BCUT2D eigenvalue weighted by molar-refractivity contribution is -0.192. The predicted octanol–water partition coefficient (Wildman–Crippen LogP) is 4.07. The number of halogens is 4. The van der Waals surface area contributed by atoms with Crippen molar-refractivity contribution in [3.63, 3.8) is 0 Å². The minimum Gasteiger partial charge on any atom is -0.480 e. The Kier molecular flexibility index (Phi) is 9.79. The maximum atomic E-state index is 13.1. The molecule has 1 atom stereocenters. The maximum absolute atomic E-state index is 13.1. The van der Waals surface area contributed by atoms with Crippen LogP contribution in [0.4, 0.5) is 17.6 Å². The molecule has 2 heterocycles. The summed E-state index contributed by atoms with van der Waals surface area (Å²) in [5, 5.41) is 10.1. The van der Waals surface area contributed by atoms with Crippen molar-refractivity contribution in [3.05, 3.63) is 59.5 Å². The Bertz CT molecular complexity index is 946. The summed E-state index contributed by atoms with van der Waals surface area (Å²) in [4.78, 5) is 27.8. The summed E-state index contributed by atoms with van der Waals surface area (Å²) in [5.41, 5.74) is 1.59. The zero-order valence-electron chi connectivity index (χ0n) is 18.8. The van der Waals surface area contributed by atoms with Crippen LogP contribution >= 0.6 is 0 Å². The smallest absolute Gasteiger partial charge is 0.480 e. The van der Waals surface area contributed by atoms with Crippen molar-refractivity contribution in [2.45, 2.75) is 32.0 Å². The number of hydrogen-bond donors (Lipinski definition) is 2. The van der Waals surface area contributed by atoms with Crippen LogP contribution in [0.2, 0.25) is 0 Å². The minimum absolute atomic E-state index is 0.151. The second-order valence-electron chi connectivity index (χ2n) is 7.78. The molecule has 0 bridgehead atoms. The van der Waals surface area contributed by atoms with Crippen LogP contribution in [0.5, 0.6) is 5.88 Å². The lowest BCUT2D eigenvalue weighted by atomic mass is 9.94. The zero-order chi connectivity index (χ0) is 25.3. The molecule has 2 aromatic rings. The quantitative estimate of drug-likeness (QED) is 0.600. The standard InChI is InChI=1S/C21H26FN3O2.C2HF3O2/c1-15(17-5-7-18(22)8-6-17)25-12-9-16(10-13-25)14-24-20(26)19-4-3-11-23-21(19)27-2;3-2(4,5)1(6)7/h3-8,11,15-16H,9-10,12-14H2,1-2H3,(H,24,26);(H,6,7). The summed E-state index contributed by atoms with van der Waals surface area (Å²) >= 11 is 0. The predicted molar refractivity (Wildman–Crippen MR) is 116 cm³/mol. The number of likely N-dealkylation sites (tertiary alicyclic amines) is 1. The van der Waals surface area contributed by atoms with Gasteiger partial charge in [-0.05, 0) is 68.6 Å². The monoisotopic (exact) mass is 485 g/mol. The van der Waals surface area contributed by atoms with E-state index in [2.05, 4.69) is 22.1 Å². The number of hydrogen-bond acceptors (Lipinski definition) is 5. The number of amides is 1. The molecular formula is C23H27F4N3O4. The number of carbonyl (C=O) groups is 2. The number of ether oxygens (including phenoxy) is 1. The molecule has 0 saturated carbocycles. The lowest BCUT2D eigenvalue weighted by Gasteiger charge is -2.36. The number of nitrogens with zero attached hydrogens (tertiary/aromatic N) is 2. The molecule has 1 unspecified atom stereocenters. The van der Waals surface area contributed by atoms with E-state index in [1.54, 1.807) is 18.3 Å². The molecule has 1 aromatic carbocycles. The van der Waals surface area contributed by atoms with Crippen molar-refractivity contribution >= 4 is 11.9 Å². The average molecular weight is 485 g/mol. The second kappa shape index (κ2) is 12.3. The Hall–Kier alpha value is -3.21. The van der Waals surface area contributed by atoms with Crippen LogP contribution in [0, 0.1) is 11.7 Å². The molecule has 1 saturated heterocycles. The number of aromatic nitrogens is 1. The van der Waals surface area contributed by atoms with Crippen molar-refractivity contribution < 1.29 is 37.0 Å². The van der Waals surface area contributed by atoms with Crippen molar-refractivity contribution in [1.82, 2.24) is 15.2 Å². The molecule has 1 aliphatic heterocycles. The van der Waals surface area contributed by atoms with Crippen LogP contribution in [0.3, 0.4) is 0 Å². The van der Waals surface area contributed by atoms with E-state index < -0.39 is 12.1 Å². The Morgan fingerprint density at radius 3 is 2.32 bits per heavy atom. The van der Waals surface area contributed by atoms with E-state index in [1.165, 1.54) is 19.2 Å². The highest BCUT2D eigenvalue weighted by Gasteiger charge is 2.38. The van der Waals surface area contributed by atoms with Gasteiger partial charge in [-0.3, -0.25) is 9.69 Å². The molecule has 186 valence electrons. The third kappa shape index (κ3) is 7.98. The number of rotatable bonds is 6. The number of piperidine rings is 1. The molecule has 0 radical (unpaired) electrons. The molecule has 0 spiro atoms. The zero-order valence-corrected chi connectivity index (χ0v) is 18.8. The number of methoxy groups -OCH3 is 1. The van der Waals surface area contributed by atoms with Crippen LogP contribution in [0.25, 0.3) is 0 Å². The molecule has 34 heavy (non-hydrogen) atoms. The van der Waals surface area contributed by atoms with Gasteiger partial charge in [-0.15, -0.1) is 0 Å². The number of carbonyl (C=O) groups excluding carboxylic acids is 1. The SMILES string of the molecule is COc1ncccc1C(=O)NCC1CCN(C(C)c2ccc(F)cc2)CC1.O=C(O)C(F)(F)F. The summed E-state index contributed by atoms with van der Waals surface area (Å²) in [5.74, 6) is -2.31. The molecule has 2 N–H and O–H groups in total. The fourth-order valence-corrected chi connectivity index (χ4v) is 3.56. The van der Waals surface area contributed by atoms with E-state index in [1.807, 2.05) is 12.1 Å². The highest BCUT2D eigenvalue weighted by molar-refractivity contribution is 5.96. The van der Waals surface area contributed by atoms with Gasteiger partial charge in [0.15, 0.2) is 0 Å². The van der Waals surface area contributed by atoms with Gasteiger partial charge in [0.05, 0.1) is 7.11 Å². The third-order valence-electron chi connectivity index (χ3n) is 5.55. The topological polar surface area (TPSA) is 91.8 Å². The molecule has 7 nitrogen and oxygen atoms in total. The van der Waals surface area contributed by atoms with E-state index in [0.717, 1.165) is 31.5 Å². The van der Waals surface area contributed by atoms with Crippen LogP contribution in [-0.2, 0) is 4.79 Å². The summed E-state index contributed by atoms with van der Waals surface area (Å²) in [7, 11) is 1.51. The molecule has 11 heteroatoms. The van der Waals surface area contributed by atoms with Gasteiger partial charge in [0.1, 0.15) is 11.4 Å². The van der Waals surface area contributed by atoms with Gasteiger partial charge in [-0.25, -0.2) is 14.2 Å². The molecule has 3 rings (SSSR count). The van der Waals surface area contributed by atoms with Gasteiger partial charge in [0.25, 0.3) is 5.91 Å². The first kappa shape index (κ1) is 27.0. The molecule has 1 amide bonds. The number of carboxylic acids is 1. The number of pyridine rings is 1. The van der Waals surface area contributed by atoms with Crippen LogP contribution in [0.1, 0.15) is 41.7 Å². The second-order valence-corrected chi connectivity index (χ2v) is 7.78. The Morgan fingerprint density at radius 1 is 1.21 bits per heavy atom. The number of aliphatic carboxylic acids is 1. The first-order chi connectivity index (χ1) is 16.0. The Balaban J connectivity index is 0.000000509. The van der Waals surface area contributed by atoms with Crippen molar-refractivity contribution in [2.75, 3.05) is 26.7 Å². The lowest BCUT2D eigenvalue weighted by Crippen LogP contribution is -2.39. The molecule has 1 aliphatic rings. The number of nitrogens with one attached hydrogen (secondary N) is 1. The summed E-state index contributed by atoms with van der Waals surface area (Å²) in [6.45, 7) is 4.74. The number of alkyl halides is 3. The minimum atomic E-state index is -5.08. The number of carboxylic acid groups (broad SMARTS) is 1. The van der Waals surface area contributed by atoms with E-state index in [-0.39, 0.29) is 17.8 Å². The van der Waals surface area contributed by atoms with Crippen molar-refractivity contribution in [1.29, 1.82) is 0 Å². The fraction of sp³-hybridized carbons (Fsp3) is 0.435. The third-order valence-corrected chi connectivity index (χ3v) is 5.55. The number of benzene rings is 1. The van der Waals surface area contributed by atoms with Crippen LogP contribution < -0.4 is 10.1 Å². The van der Waals surface area contributed by atoms with Crippen LogP contribution in [0.15, 0.2) is 42.6 Å². The van der Waals surface area contributed by atoms with Gasteiger partial charge in [0, 0.05) is 18.8 Å². The van der Waals surface area contributed by atoms with E-state index >= 15 is 0 Å². The molecular weight excluding hydrogens is 458 g/mol.